The van der Waals surface area contributed by atoms with E-state index in [0.717, 1.165) is 22.4 Å². The van der Waals surface area contributed by atoms with Gasteiger partial charge in [0.2, 0.25) is 0 Å². The molecule has 8 nitrogen and oxygen atoms in total. The monoisotopic (exact) mass is 661 g/mol. The van der Waals surface area contributed by atoms with Crippen LogP contribution < -0.4 is 24.3 Å². The molecule has 0 bridgehead atoms. The normalized spacial score (nSPS) is 17.9. The van der Waals surface area contributed by atoms with Crippen LogP contribution in [-0.2, 0) is 20.9 Å². The van der Waals surface area contributed by atoms with Gasteiger partial charge in [-0.15, -0.1) is 0 Å². The molecule has 44 heavy (non-hydrogen) atoms. The molecule has 5 rings (SSSR count). The van der Waals surface area contributed by atoms with Crippen molar-refractivity contribution in [3.8, 4) is 23.0 Å². The number of halogens is 1. The van der Waals surface area contributed by atoms with Crippen LogP contribution >= 0.6 is 15.9 Å². The molecule has 0 spiro atoms. The van der Waals surface area contributed by atoms with Crippen LogP contribution in [0.5, 0.6) is 23.0 Å². The molecule has 230 valence electrons. The fourth-order valence-corrected chi connectivity index (χ4v) is 6.62. The van der Waals surface area contributed by atoms with Gasteiger partial charge in [-0.2, -0.15) is 0 Å². The van der Waals surface area contributed by atoms with Crippen LogP contribution in [0.15, 0.2) is 87.7 Å². The van der Waals surface area contributed by atoms with E-state index in [-0.39, 0.29) is 24.7 Å². The van der Waals surface area contributed by atoms with E-state index in [4.69, 9.17) is 23.7 Å². The SMILES string of the molecule is CCOc1cc(C2C(C(=O)OCc3ccccc3)=C(C)NC3=C2C(=O)CC(c2ccc(OC)c(OC)c2)C3)cc(Br)c1OC. The summed E-state index contributed by atoms with van der Waals surface area (Å²) >= 11 is 3.62. The molecule has 0 aromatic heterocycles. The fourth-order valence-electron chi connectivity index (χ4n) is 6.00. The summed E-state index contributed by atoms with van der Waals surface area (Å²) in [5, 5.41) is 3.42. The van der Waals surface area contributed by atoms with Crippen molar-refractivity contribution in [2.45, 2.75) is 45.1 Å². The molecule has 0 amide bonds. The zero-order chi connectivity index (χ0) is 31.4. The van der Waals surface area contributed by atoms with Crippen LogP contribution in [0.4, 0.5) is 0 Å². The first-order valence-corrected chi connectivity index (χ1v) is 15.3. The number of allylic oxidation sites excluding steroid dienone is 3. The van der Waals surface area contributed by atoms with Crippen molar-refractivity contribution < 1.29 is 33.3 Å². The number of methoxy groups -OCH3 is 3. The Kier molecular flexibility index (Phi) is 9.64. The standard InChI is InChI=1S/C35H36BrNO7/c1-6-43-30-18-24(14-25(36)34(30)42-5)32-31(35(39)44-19-21-10-8-7-9-11-21)20(2)37-26-15-23(16-27(38)33(26)32)22-12-13-28(40-3)29(17-22)41-4/h7-14,17-18,23,32,37H,6,15-16,19H2,1-5H3. The highest BCUT2D eigenvalue weighted by atomic mass is 79.9. The highest BCUT2D eigenvalue weighted by Crippen LogP contribution is 2.49. The van der Waals surface area contributed by atoms with Crippen molar-refractivity contribution in [1.82, 2.24) is 5.32 Å². The smallest absolute Gasteiger partial charge is 0.337 e. The molecule has 1 heterocycles. The van der Waals surface area contributed by atoms with E-state index < -0.39 is 11.9 Å². The van der Waals surface area contributed by atoms with Crippen LogP contribution in [0.1, 0.15) is 55.2 Å². The number of esters is 1. The topological polar surface area (TPSA) is 92.3 Å². The van der Waals surface area contributed by atoms with Gasteiger partial charge in [0.1, 0.15) is 6.61 Å². The minimum absolute atomic E-state index is 0.0469. The Hall–Kier alpha value is -4.24. The van der Waals surface area contributed by atoms with Gasteiger partial charge in [0.05, 0.1) is 38.0 Å². The number of nitrogens with one attached hydrogen (secondary N) is 1. The third kappa shape index (κ3) is 6.19. The van der Waals surface area contributed by atoms with Crippen molar-refractivity contribution in [3.63, 3.8) is 0 Å². The molecular formula is C35H36BrNO7. The summed E-state index contributed by atoms with van der Waals surface area (Å²) in [5.74, 6) is 0.992. The number of carbonyl (C=O) groups is 2. The Labute approximate surface area is 266 Å². The summed E-state index contributed by atoms with van der Waals surface area (Å²) in [6.07, 6.45) is 0.847. The van der Waals surface area contributed by atoms with Gasteiger partial charge in [-0.25, -0.2) is 4.79 Å². The maximum atomic E-state index is 14.2. The average molecular weight is 663 g/mol. The highest BCUT2D eigenvalue weighted by molar-refractivity contribution is 9.10. The van der Waals surface area contributed by atoms with Crippen LogP contribution in [-0.4, -0.2) is 39.7 Å². The van der Waals surface area contributed by atoms with Gasteiger partial charge < -0.3 is 29.0 Å². The second-order valence-corrected chi connectivity index (χ2v) is 11.5. The Balaban J connectivity index is 1.58. The number of ketones is 1. The van der Waals surface area contributed by atoms with E-state index in [9.17, 15) is 9.59 Å². The molecule has 2 atom stereocenters. The second kappa shape index (κ2) is 13.6. The lowest BCUT2D eigenvalue weighted by Gasteiger charge is -2.37. The number of Topliss-reactive ketones (excluding diaryl/α,β-unsaturated/α-hetero) is 1. The Bertz CT molecular complexity index is 1630. The van der Waals surface area contributed by atoms with E-state index in [2.05, 4.69) is 21.2 Å². The van der Waals surface area contributed by atoms with Crippen LogP contribution in [0.3, 0.4) is 0 Å². The first-order valence-electron chi connectivity index (χ1n) is 14.5. The van der Waals surface area contributed by atoms with Crippen molar-refractivity contribution >= 4 is 27.7 Å². The summed E-state index contributed by atoms with van der Waals surface area (Å²) in [6, 6.07) is 19.0. The molecule has 2 aliphatic rings. The third-order valence-corrected chi connectivity index (χ3v) is 8.60. The average Bonchev–Trinajstić information content (AvgIpc) is 3.03. The van der Waals surface area contributed by atoms with Crippen molar-refractivity contribution in [1.29, 1.82) is 0 Å². The van der Waals surface area contributed by atoms with Gasteiger partial charge in [-0.1, -0.05) is 36.4 Å². The lowest BCUT2D eigenvalue weighted by Crippen LogP contribution is -2.36. The predicted octanol–water partition coefficient (Wildman–Crippen LogP) is 6.98. The number of benzene rings is 3. The van der Waals surface area contributed by atoms with Gasteiger partial charge in [0.25, 0.3) is 0 Å². The Morgan fingerprint density at radius 1 is 0.909 bits per heavy atom. The molecule has 0 radical (unpaired) electrons. The lowest BCUT2D eigenvalue weighted by atomic mass is 9.71. The van der Waals surface area contributed by atoms with E-state index >= 15 is 0 Å². The van der Waals surface area contributed by atoms with Crippen molar-refractivity contribution in [3.05, 3.63) is 104 Å². The quantitative estimate of drug-likeness (QED) is 0.233. The predicted molar refractivity (Wildman–Crippen MR) is 170 cm³/mol. The number of rotatable bonds is 10. The van der Waals surface area contributed by atoms with Gasteiger partial charge in [0.15, 0.2) is 28.8 Å². The zero-order valence-electron chi connectivity index (χ0n) is 25.5. The van der Waals surface area contributed by atoms with E-state index in [1.165, 1.54) is 0 Å². The first kappa shape index (κ1) is 31.2. The Morgan fingerprint density at radius 2 is 1.64 bits per heavy atom. The number of hydrogen-bond acceptors (Lipinski definition) is 8. The minimum atomic E-state index is -0.671. The molecular weight excluding hydrogens is 626 g/mol. The number of carbonyl (C=O) groups excluding carboxylic acids is 2. The Morgan fingerprint density at radius 3 is 2.32 bits per heavy atom. The van der Waals surface area contributed by atoms with Gasteiger partial charge in [-0.05, 0) is 83.1 Å². The van der Waals surface area contributed by atoms with Crippen LogP contribution in [0.2, 0.25) is 0 Å². The van der Waals surface area contributed by atoms with Crippen molar-refractivity contribution in [2.75, 3.05) is 27.9 Å². The second-order valence-electron chi connectivity index (χ2n) is 10.7. The number of hydrogen-bond donors (Lipinski definition) is 1. The molecule has 0 saturated carbocycles. The maximum absolute atomic E-state index is 14.2. The molecule has 1 N–H and O–H groups in total. The highest BCUT2D eigenvalue weighted by Gasteiger charge is 2.42. The molecule has 2 unspecified atom stereocenters. The van der Waals surface area contributed by atoms with Gasteiger partial charge in [0, 0.05) is 29.3 Å². The lowest BCUT2D eigenvalue weighted by molar-refractivity contribution is -0.140. The van der Waals surface area contributed by atoms with Gasteiger partial charge in [-0.3, -0.25) is 4.79 Å². The summed E-state index contributed by atoms with van der Waals surface area (Å²) in [5.41, 5.74) is 4.93. The summed E-state index contributed by atoms with van der Waals surface area (Å²) in [6.45, 7) is 4.27. The molecule has 0 saturated heterocycles. The van der Waals surface area contributed by atoms with Gasteiger partial charge >= 0.3 is 5.97 Å². The molecule has 0 fully saturated rings. The maximum Gasteiger partial charge on any atom is 0.337 e. The van der Waals surface area contributed by atoms with E-state index in [1.807, 2.05) is 74.5 Å². The molecule has 1 aliphatic carbocycles. The summed E-state index contributed by atoms with van der Waals surface area (Å²) < 4.78 is 28.9. The fraction of sp³-hybridized carbons (Fsp3) is 0.314. The number of dihydropyridines is 1. The summed E-state index contributed by atoms with van der Waals surface area (Å²) in [4.78, 5) is 28.0. The third-order valence-electron chi connectivity index (χ3n) is 8.01. The van der Waals surface area contributed by atoms with Crippen LogP contribution in [0, 0.1) is 0 Å². The molecule has 9 heteroatoms. The van der Waals surface area contributed by atoms with Crippen molar-refractivity contribution in [2.24, 2.45) is 0 Å². The van der Waals surface area contributed by atoms with E-state index in [0.29, 0.717) is 57.3 Å². The molecule has 3 aromatic carbocycles. The first-order chi connectivity index (χ1) is 21.3. The number of ether oxygens (including phenoxy) is 5. The zero-order valence-corrected chi connectivity index (χ0v) is 27.1. The minimum Gasteiger partial charge on any atom is -0.493 e. The molecule has 1 aliphatic heterocycles. The molecule has 3 aromatic rings. The van der Waals surface area contributed by atoms with Crippen LogP contribution in [0.25, 0.3) is 0 Å². The largest absolute Gasteiger partial charge is 0.493 e. The summed E-state index contributed by atoms with van der Waals surface area (Å²) in [7, 11) is 4.76. The van der Waals surface area contributed by atoms with E-state index in [1.54, 1.807) is 21.3 Å².